The van der Waals surface area contributed by atoms with Gasteiger partial charge in [0.1, 0.15) is 5.54 Å². The van der Waals surface area contributed by atoms with Gasteiger partial charge in [-0.3, -0.25) is 10.1 Å². The number of carbonyl (C=O) groups excluding carboxylic acids is 2. The third-order valence-corrected chi connectivity index (χ3v) is 2.29. The van der Waals surface area contributed by atoms with Crippen molar-refractivity contribution in [2.45, 2.75) is 38.6 Å². The van der Waals surface area contributed by atoms with Crippen LogP contribution in [-0.4, -0.2) is 17.5 Å². The Balaban J connectivity index is 2.78. The van der Waals surface area contributed by atoms with E-state index in [2.05, 4.69) is 10.6 Å². The number of rotatable bonds is 3. The van der Waals surface area contributed by atoms with E-state index >= 15 is 0 Å². The Labute approximate surface area is 71.7 Å². The molecular formula is C8H14N2O2. The van der Waals surface area contributed by atoms with Gasteiger partial charge in [-0.25, -0.2) is 4.79 Å². The van der Waals surface area contributed by atoms with Crippen molar-refractivity contribution in [3.63, 3.8) is 0 Å². The minimum atomic E-state index is -0.633. The van der Waals surface area contributed by atoms with Crippen LogP contribution in [0.5, 0.6) is 0 Å². The average Bonchev–Trinajstić information content (AvgIpc) is 2.28. The summed E-state index contributed by atoms with van der Waals surface area (Å²) in [7, 11) is 0. The van der Waals surface area contributed by atoms with Crippen molar-refractivity contribution >= 4 is 11.9 Å². The van der Waals surface area contributed by atoms with E-state index in [9.17, 15) is 9.59 Å². The quantitative estimate of drug-likeness (QED) is 0.615. The van der Waals surface area contributed by atoms with E-state index in [-0.39, 0.29) is 11.9 Å². The summed E-state index contributed by atoms with van der Waals surface area (Å²) in [6.45, 7) is 3.90. The van der Waals surface area contributed by atoms with Crippen LogP contribution < -0.4 is 10.6 Å². The predicted molar refractivity (Wildman–Crippen MR) is 44.6 cm³/mol. The average molecular weight is 170 g/mol. The highest BCUT2D eigenvalue weighted by atomic mass is 16.2. The largest absolute Gasteiger partial charge is 0.323 e. The minimum Gasteiger partial charge on any atom is -0.323 e. The first kappa shape index (κ1) is 9.03. The summed E-state index contributed by atoms with van der Waals surface area (Å²) < 4.78 is 0. The molecule has 0 radical (unpaired) electrons. The fourth-order valence-electron chi connectivity index (χ4n) is 1.56. The maximum Gasteiger partial charge on any atom is 0.322 e. The molecule has 2 N–H and O–H groups in total. The van der Waals surface area contributed by atoms with E-state index in [1.165, 1.54) is 0 Å². The van der Waals surface area contributed by atoms with E-state index in [4.69, 9.17) is 0 Å². The number of hydrogen-bond donors (Lipinski definition) is 2. The van der Waals surface area contributed by atoms with Crippen molar-refractivity contribution in [3.8, 4) is 0 Å². The zero-order valence-corrected chi connectivity index (χ0v) is 7.44. The molecule has 3 amide bonds. The van der Waals surface area contributed by atoms with Crippen LogP contribution in [0.25, 0.3) is 0 Å². The highest BCUT2D eigenvalue weighted by Gasteiger charge is 2.43. The van der Waals surface area contributed by atoms with Crippen LogP contribution in [0.3, 0.4) is 0 Å². The molecule has 0 spiro atoms. The van der Waals surface area contributed by atoms with Gasteiger partial charge in [0.05, 0.1) is 0 Å². The fourth-order valence-corrected chi connectivity index (χ4v) is 1.56. The van der Waals surface area contributed by atoms with Crippen LogP contribution in [0, 0.1) is 0 Å². The molecule has 1 aliphatic rings. The molecule has 1 fully saturated rings. The van der Waals surface area contributed by atoms with Gasteiger partial charge in [-0.1, -0.05) is 20.3 Å². The highest BCUT2D eigenvalue weighted by molar-refractivity contribution is 6.06. The van der Waals surface area contributed by atoms with Gasteiger partial charge >= 0.3 is 6.03 Å². The Morgan fingerprint density at radius 1 is 1.33 bits per heavy atom. The first-order chi connectivity index (χ1) is 5.64. The molecule has 0 aromatic rings. The van der Waals surface area contributed by atoms with Gasteiger partial charge < -0.3 is 5.32 Å². The third kappa shape index (κ3) is 1.29. The standard InChI is InChI=1S/C8H14N2O2/c1-3-5-8(4-2)6(11)9-7(12)10-8/h3-5H2,1-2H3,(H2,9,10,11,12)/t8-/m1/s1. The number of nitrogens with one attached hydrogen (secondary N) is 2. The lowest BCUT2D eigenvalue weighted by Gasteiger charge is -2.23. The number of amides is 3. The van der Waals surface area contributed by atoms with Gasteiger partial charge in [0.25, 0.3) is 5.91 Å². The maximum atomic E-state index is 11.3. The SMILES string of the molecule is CCC[C@@]1(CC)NC(=O)NC1=O. The Morgan fingerprint density at radius 3 is 2.33 bits per heavy atom. The molecule has 0 bridgehead atoms. The number of hydrogen-bond acceptors (Lipinski definition) is 2. The van der Waals surface area contributed by atoms with Gasteiger partial charge in [0.15, 0.2) is 0 Å². The summed E-state index contributed by atoms with van der Waals surface area (Å²) in [5.74, 6) is -0.183. The molecule has 4 nitrogen and oxygen atoms in total. The summed E-state index contributed by atoms with van der Waals surface area (Å²) in [5.41, 5.74) is -0.633. The Kier molecular flexibility index (Phi) is 2.35. The molecule has 1 aliphatic heterocycles. The molecule has 1 saturated heterocycles. The molecule has 12 heavy (non-hydrogen) atoms. The van der Waals surface area contributed by atoms with Crippen molar-refractivity contribution < 1.29 is 9.59 Å². The molecule has 1 atom stereocenters. The summed E-state index contributed by atoms with van der Waals surface area (Å²) in [4.78, 5) is 22.2. The topological polar surface area (TPSA) is 58.2 Å². The van der Waals surface area contributed by atoms with Crippen molar-refractivity contribution in [1.29, 1.82) is 0 Å². The van der Waals surface area contributed by atoms with Gasteiger partial charge in [0.2, 0.25) is 0 Å². The summed E-state index contributed by atoms with van der Waals surface area (Å²) in [6.07, 6.45) is 2.25. The first-order valence-electron chi connectivity index (χ1n) is 4.28. The second-order valence-corrected chi connectivity index (χ2v) is 3.09. The molecule has 0 aliphatic carbocycles. The lowest BCUT2D eigenvalue weighted by molar-refractivity contribution is -0.124. The molecule has 1 heterocycles. The molecule has 0 aromatic heterocycles. The van der Waals surface area contributed by atoms with E-state index in [0.717, 1.165) is 6.42 Å². The van der Waals surface area contributed by atoms with Gasteiger partial charge in [0, 0.05) is 0 Å². The van der Waals surface area contributed by atoms with Crippen LogP contribution in [0.4, 0.5) is 4.79 Å². The lowest BCUT2D eigenvalue weighted by Crippen LogP contribution is -2.45. The second kappa shape index (κ2) is 3.13. The fraction of sp³-hybridized carbons (Fsp3) is 0.750. The monoisotopic (exact) mass is 170 g/mol. The number of imide groups is 1. The summed E-state index contributed by atoms with van der Waals surface area (Å²) in [6, 6.07) is -0.365. The Hall–Kier alpha value is -1.06. The highest BCUT2D eigenvalue weighted by Crippen LogP contribution is 2.20. The van der Waals surface area contributed by atoms with Crippen molar-refractivity contribution in [2.75, 3.05) is 0 Å². The Morgan fingerprint density at radius 2 is 2.00 bits per heavy atom. The van der Waals surface area contributed by atoms with Crippen molar-refractivity contribution in [2.24, 2.45) is 0 Å². The maximum absolute atomic E-state index is 11.3. The van der Waals surface area contributed by atoms with Crippen LogP contribution in [0.2, 0.25) is 0 Å². The predicted octanol–water partition coefficient (Wildman–Crippen LogP) is 0.775. The lowest BCUT2D eigenvalue weighted by atomic mass is 9.91. The van der Waals surface area contributed by atoms with Gasteiger partial charge in [-0.15, -0.1) is 0 Å². The summed E-state index contributed by atoms with van der Waals surface area (Å²) >= 11 is 0. The van der Waals surface area contributed by atoms with Crippen molar-refractivity contribution in [1.82, 2.24) is 10.6 Å². The van der Waals surface area contributed by atoms with Crippen LogP contribution >= 0.6 is 0 Å². The van der Waals surface area contributed by atoms with E-state index in [1.807, 2.05) is 13.8 Å². The Bertz CT molecular complexity index is 215. The number of urea groups is 1. The van der Waals surface area contributed by atoms with Gasteiger partial charge in [-0.2, -0.15) is 0 Å². The van der Waals surface area contributed by atoms with Crippen molar-refractivity contribution in [3.05, 3.63) is 0 Å². The second-order valence-electron chi connectivity index (χ2n) is 3.09. The van der Waals surface area contributed by atoms with E-state index < -0.39 is 5.54 Å². The van der Waals surface area contributed by atoms with Gasteiger partial charge in [-0.05, 0) is 12.8 Å². The smallest absolute Gasteiger partial charge is 0.322 e. The molecular weight excluding hydrogens is 156 g/mol. The van der Waals surface area contributed by atoms with E-state index in [1.54, 1.807) is 0 Å². The van der Waals surface area contributed by atoms with Crippen LogP contribution in [0.15, 0.2) is 0 Å². The molecule has 4 heteroatoms. The molecule has 0 saturated carbocycles. The van der Waals surface area contributed by atoms with Crippen LogP contribution in [0.1, 0.15) is 33.1 Å². The van der Waals surface area contributed by atoms with Crippen LogP contribution in [-0.2, 0) is 4.79 Å². The minimum absolute atomic E-state index is 0.183. The van der Waals surface area contributed by atoms with E-state index in [0.29, 0.717) is 12.8 Å². The third-order valence-electron chi connectivity index (χ3n) is 2.29. The summed E-state index contributed by atoms with van der Waals surface area (Å²) in [5, 5.41) is 4.92. The zero-order chi connectivity index (χ0) is 9.19. The number of carbonyl (C=O) groups is 2. The molecule has 68 valence electrons. The molecule has 0 aromatic carbocycles. The molecule has 1 rings (SSSR count). The normalized spacial score (nSPS) is 28.5. The first-order valence-corrected chi connectivity index (χ1v) is 4.28. The molecule has 0 unspecified atom stereocenters. The zero-order valence-electron chi connectivity index (χ0n) is 7.44.